The number of phenols is 1. The summed E-state index contributed by atoms with van der Waals surface area (Å²) in [6.45, 7) is 0. The molecule has 4 heteroatoms. The average Bonchev–Trinajstić information content (AvgIpc) is 2.54. The van der Waals surface area contributed by atoms with Gasteiger partial charge >= 0.3 is 0 Å². The summed E-state index contributed by atoms with van der Waals surface area (Å²) in [5, 5.41) is 14.4. The summed E-state index contributed by atoms with van der Waals surface area (Å²) >= 11 is 0. The molecule has 0 aliphatic carbocycles. The van der Waals surface area contributed by atoms with E-state index < -0.39 is 0 Å². The molecule has 0 atom stereocenters. The van der Waals surface area contributed by atoms with Gasteiger partial charge < -0.3 is 26.8 Å². The highest BCUT2D eigenvalue weighted by atomic mass is 79.9. The van der Waals surface area contributed by atoms with Crippen LogP contribution in [0.4, 0.5) is 0 Å². The van der Waals surface area contributed by atoms with Gasteiger partial charge in [0.05, 0.1) is 17.9 Å². The second kappa shape index (κ2) is 5.46. The van der Waals surface area contributed by atoms with Crippen molar-refractivity contribution in [1.29, 1.82) is 0 Å². The van der Waals surface area contributed by atoms with E-state index in [1.165, 1.54) is 10.8 Å². The summed E-state index contributed by atoms with van der Waals surface area (Å²) in [4.78, 5) is 0. The average molecular weight is 356 g/mol. The number of rotatable bonds is 1. The molecule has 0 aliphatic heterocycles. The molecule has 2 heterocycles. The molecule has 0 radical (unpaired) electrons. The number of pyridine rings is 2. The van der Waals surface area contributed by atoms with E-state index >= 15 is 0 Å². The Hall–Kier alpha value is -2.33. The van der Waals surface area contributed by atoms with Crippen molar-refractivity contribution in [2.75, 3.05) is 7.11 Å². The van der Waals surface area contributed by atoms with Crippen molar-refractivity contribution < 1.29 is 31.2 Å². The lowest BCUT2D eigenvalue weighted by atomic mass is 10.1. The molecule has 0 aliphatic rings. The maximum Gasteiger partial charge on any atom is 0.219 e. The molecule has 0 fully saturated rings. The molecular weight excluding hydrogens is 342 g/mol. The van der Waals surface area contributed by atoms with Gasteiger partial charge in [-0.15, -0.1) is 0 Å². The molecule has 0 unspecified atom stereocenters. The number of aromatic hydroxyl groups is 1. The highest BCUT2D eigenvalue weighted by molar-refractivity contribution is 5.98. The Kier molecular flexibility index (Phi) is 3.62. The maximum atomic E-state index is 10.3. The fraction of sp³-hybridized carbons (Fsp3) is 0.0556. The summed E-state index contributed by atoms with van der Waals surface area (Å²) in [6, 6.07) is 16.2. The van der Waals surface area contributed by atoms with Crippen molar-refractivity contribution in [3.8, 4) is 11.5 Å². The summed E-state index contributed by atoms with van der Waals surface area (Å²) in [5.41, 5.74) is 1.12. The lowest BCUT2D eigenvalue weighted by Gasteiger charge is -2.06. The third-order valence-electron chi connectivity index (χ3n) is 3.92. The van der Waals surface area contributed by atoms with Gasteiger partial charge in [0.15, 0.2) is 23.9 Å². The van der Waals surface area contributed by atoms with Crippen molar-refractivity contribution >= 4 is 27.1 Å². The number of ether oxygens (including phenoxy) is 1. The summed E-state index contributed by atoms with van der Waals surface area (Å²) < 4.78 is 7.21. The van der Waals surface area contributed by atoms with Crippen LogP contribution in [-0.2, 0) is 0 Å². The minimum atomic E-state index is 0. The molecular formula is C18H14BrNO2. The summed E-state index contributed by atoms with van der Waals surface area (Å²) in [7, 11) is 1.56. The molecule has 3 nitrogen and oxygen atoms in total. The molecule has 0 spiro atoms. The largest absolute Gasteiger partial charge is 1.00 e. The van der Waals surface area contributed by atoms with Gasteiger partial charge in [-0.1, -0.05) is 18.2 Å². The van der Waals surface area contributed by atoms with E-state index in [2.05, 4.69) is 24.3 Å². The minimum Gasteiger partial charge on any atom is -1.00 e. The minimum absolute atomic E-state index is 0. The van der Waals surface area contributed by atoms with Crippen LogP contribution in [0.2, 0.25) is 0 Å². The van der Waals surface area contributed by atoms with Crippen LogP contribution in [0.25, 0.3) is 27.1 Å². The Balaban J connectivity index is 0.00000144. The van der Waals surface area contributed by atoms with E-state index in [-0.39, 0.29) is 22.7 Å². The zero-order chi connectivity index (χ0) is 14.4. The maximum absolute atomic E-state index is 10.3. The van der Waals surface area contributed by atoms with Crippen LogP contribution in [0.5, 0.6) is 11.5 Å². The summed E-state index contributed by atoms with van der Waals surface area (Å²) in [5.74, 6) is 0.667. The molecule has 4 rings (SSSR count). The van der Waals surface area contributed by atoms with Crippen molar-refractivity contribution in [3.63, 3.8) is 0 Å². The normalized spacial score (nSPS) is 10.8. The molecule has 22 heavy (non-hydrogen) atoms. The Morgan fingerprint density at radius 1 is 0.955 bits per heavy atom. The van der Waals surface area contributed by atoms with Gasteiger partial charge in [-0.2, -0.15) is 4.40 Å². The molecule has 2 aromatic carbocycles. The van der Waals surface area contributed by atoms with Gasteiger partial charge in [0, 0.05) is 12.1 Å². The number of fused-ring (bicyclic) bond motifs is 4. The predicted octanol–water partition coefficient (Wildman–Crippen LogP) is 0.450. The van der Waals surface area contributed by atoms with Crippen molar-refractivity contribution in [1.82, 2.24) is 0 Å². The second-order valence-electron chi connectivity index (χ2n) is 5.09. The molecule has 2 aromatic heterocycles. The first-order valence-corrected chi connectivity index (χ1v) is 6.80. The van der Waals surface area contributed by atoms with E-state index in [4.69, 9.17) is 4.74 Å². The SMILES string of the molecule is COc1ccc2cc3c4ccccc4cc[n+]3cc2c1O.[Br-]. The Labute approximate surface area is 138 Å². The monoisotopic (exact) mass is 355 g/mol. The predicted molar refractivity (Wildman–Crippen MR) is 82.8 cm³/mol. The smallest absolute Gasteiger partial charge is 0.219 e. The fourth-order valence-electron chi connectivity index (χ4n) is 2.84. The van der Waals surface area contributed by atoms with Crippen LogP contribution in [0.3, 0.4) is 0 Å². The lowest BCUT2D eigenvalue weighted by Crippen LogP contribution is -3.00. The Bertz CT molecular complexity index is 998. The van der Waals surface area contributed by atoms with Crippen LogP contribution in [-0.4, -0.2) is 12.2 Å². The fourth-order valence-corrected chi connectivity index (χ4v) is 2.84. The van der Waals surface area contributed by atoms with Gasteiger partial charge in [-0.3, -0.25) is 0 Å². The Morgan fingerprint density at radius 3 is 2.59 bits per heavy atom. The van der Waals surface area contributed by atoms with Gasteiger partial charge in [0.2, 0.25) is 5.52 Å². The third kappa shape index (κ3) is 2.07. The molecule has 0 saturated carbocycles. The molecule has 110 valence electrons. The topological polar surface area (TPSA) is 33.6 Å². The number of phenolic OH excluding ortho intramolecular Hbond substituents is 1. The van der Waals surface area contributed by atoms with Gasteiger partial charge in [-0.05, 0) is 29.0 Å². The zero-order valence-corrected chi connectivity index (χ0v) is 13.5. The van der Waals surface area contributed by atoms with Crippen LogP contribution in [0.15, 0.2) is 60.9 Å². The quantitative estimate of drug-likeness (QED) is 0.305. The van der Waals surface area contributed by atoms with Gasteiger partial charge in [0.1, 0.15) is 0 Å². The standard InChI is InChI=1S/C18H13NO2.BrH/c1-21-17-7-6-13-10-16-14-5-3-2-4-12(14)8-9-19(16)11-15(13)18(17)20;/h2-11H,1H3;1H. The second-order valence-corrected chi connectivity index (χ2v) is 5.09. The van der Waals surface area contributed by atoms with Crippen molar-refractivity contribution in [2.24, 2.45) is 0 Å². The number of hydrogen-bond donors (Lipinski definition) is 1. The number of hydrogen-bond acceptors (Lipinski definition) is 2. The van der Waals surface area contributed by atoms with E-state index in [1.807, 2.05) is 35.0 Å². The highest BCUT2D eigenvalue weighted by Gasteiger charge is 2.14. The van der Waals surface area contributed by atoms with E-state index in [0.29, 0.717) is 5.75 Å². The molecule has 4 aromatic rings. The van der Waals surface area contributed by atoms with Crippen molar-refractivity contribution in [2.45, 2.75) is 0 Å². The van der Waals surface area contributed by atoms with Crippen molar-refractivity contribution in [3.05, 3.63) is 60.9 Å². The molecule has 0 bridgehead atoms. The van der Waals surface area contributed by atoms with Crippen LogP contribution in [0.1, 0.15) is 0 Å². The first-order chi connectivity index (χ1) is 10.3. The van der Waals surface area contributed by atoms with Crippen LogP contribution >= 0.6 is 0 Å². The van der Waals surface area contributed by atoms with E-state index in [1.54, 1.807) is 13.2 Å². The number of halogens is 1. The Morgan fingerprint density at radius 2 is 1.77 bits per heavy atom. The first-order valence-electron chi connectivity index (χ1n) is 6.80. The third-order valence-corrected chi connectivity index (χ3v) is 3.92. The first kappa shape index (κ1) is 14.6. The summed E-state index contributed by atoms with van der Waals surface area (Å²) in [6.07, 6.45) is 3.95. The number of benzene rings is 2. The zero-order valence-electron chi connectivity index (χ0n) is 12.0. The van der Waals surface area contributed by atoms with E-state index in [0.717, 1.165) is 16.3 Å². The van der Waals surface area contributed by atoms with Gasteiger partial charge in [-0.25, -0.2) is 0 Å². The van der Waals surface area contributed by atoms with Crippen LogP contribution < -0.4 is 26.1 Å². The number of nitrogens with zero attached hydrogens (tertiary/aromatic N) is 1. The molecule has 1 N–H and O–H groups in total. The highest BCUT2D eigenvalue weighted by Crippen LogP contribution is 2.34. The van der Waals surface area contributed by atoms with Gasteiger partial charge in [0.25, 0.3) is 0 Å². The van der Waals surface area contributed by atoms with Crippen LogP contribution in [0, 0.1) is 0 Å². The molecule has 0 saturated heterocycles. The number of methoxy groups -OCH3 is 1. The lowest BCUT2D eigenvalue weighted by molar-refractivity contribution is -0.509. The molecule has 0 amide bonds. The number of aromatic nitrogens is 1. The van der Waals surface area contributed by atoms with E-state index in [9.17, 15) is 5.11 Å².